The number of aromatic nitrogens is 1. The summed E-state index contributed by atoms with van der Waals surface area (Å²) in [5, 5.41) is 0. The maximum absolute atomic E-state index is 11.8. The number of hydrogen-bond donors (Lipinski definition) is 1. The molecule has 0 radical (unpaired) electrons. The summed E-state index contributed by atoms with van der Waals surface area (Å²) in [6.07, 6.45) is 0. The van der Waals surface area contributed by atoms with E-state index in [-0.39, 0.29) is 17.4 Å². The van der Waals surface area contributed by atoms with E-state index < -0.39 is 0 Å². The van der Waals surface area contributed by atoms with Crippen LogP contribution in [-0.2, 0) is 11.3 Å². The molecule has 86 valence electrons. The normalized spacial score (nSPS) is 15.6. The van der Waals surface area contributed by atoms with Gasteiger partial charge in [0.15, 0.2) is 0 Å². The SMILES string of the molecule is CN(Cc1cccc(=O)[nH]1)C(=O)C1CSC1. The third kappa shape index (κ3) is 2.47. The predicted octanol–water partition coefficient (Wildman–Crippen LogP) is 0.696. The molecule has 0 aliphatic carbocycles. The zero-order valence-corrected chi connectivity index (χ0v) is 9.92. The van der Waals surface area contributed by atoms with Crippen LogP contribution >= 0.6 is 11.8 Å². The quantitative estimate of drug-likeness (QED) is 0.843. The van der Waals surface area contributed by atoms with E-state index in [1.807, 2.05) is 6.07 Å². The van der Waals surface area contributed by atoms with Crippen LogP contribution < -0.4 is 5.56 Å². The fourth-order valence-electron chi connectivity index (χ4n) is 1.61. The molecule has 1 fully saturated rings. The van der Waals surface area contributed by atoms with Crippen molar-refractivity contribution >= 4 is 17.7 Å². The van der Waals surface area contributed by atoms with Gasteiger partial charge < -0.3 is 9.88 Å². The Bertz CT molecular complexity index is 440. The lowest BCUT2D eigenvalue weighted by Gasteiger charge is -2.28. The molecule has 2 heterocycles. The summed E-state index contributed by atoms with van der Waals surface area (Å²) in [7, 11) is 1.77. The van der Waals surface area contributed by atoms with Gasteiger partial charge in [-0.15, -0.1) is 0 Å². The van der Waals surface area contributed by atoms with E-state index in [2.05, 4.69) is 4.98 Å². The molecule has 0 unspecified atom stereocenters. The number of nitrogens with one attached hydrogen (secondary N) is 1. The molecule has 1 aromatic heterocycles. The van der Waals surface area contributed by atoms with Crippen LogP contribution in [-0.4, -0.2) is 34.3 Å². The van der Waals surface area contributed by atoms with E-state index in [0.717, 1.165) is 17.2 Å². The van der Waals surface area contributed by atoms with E-state index >= 15 is 0 Å². The fraction of sp³-hybridized carbons (Fsp3) is 0.455. The Morgan fingerprint density at radius 3 is 2.88 bits per heavy atom. The van der Waals surface area contributed by atoms with Gasteiger partial charge >= 0.3 is 0 Å². The number of rotatable bonds is 3. The summed E-state index contributed by atoms with van der Waals surface area (Å²) in [5.41, 5.74) is 0.646. The van der Waals surface area contributed by atoms with Gasteiger partial charge in [0, 0.05) is 30.3 Å². The van der Waals surface area contributed by atoms with Gasteiger partial charge in [0.25, 0.3) is 0 Å². The Kier molecular flexibility index (Phi) is 3.33. The highest BCUT2D eigenvalue weighted by molar-refractivity contribution is 8.00. The smallest absolute Gasteiger partial charge is 0.248 e. The molecule has 1 aromatic rings. The van der Waals surface area contributed by atoms with Crippen LogP contribution in [0.3, 0.4) is 0 Å². The highest BCUT2D eigenvalue weighted by Gasteiger charge is 2.28. The second kappa shape index (κ2) is 4.74. The minimum absolute atomic E-state index is 0.127. The molecule has 0 bridgehead atoms. The number of amides is 1. The lowest BCUT2D eigenvalue weighted by Crippen LogP contribution is -2.39. The number of H-pyrrole nitrogens is 1. The molecule has 1 saturated heterocycles. The molecule has 16 heavy (non-hydrogen) atoms. The lowest BCUT2D eigenvalue weighted by molar-refractivity contribution is -0.133. The first-order chi connectivity index (χ1) is 7.66. The predicted molar refractivity (Wildman–Crippen MR) is 64.4 cm³/mol. The number of carbonyl (C=O) groups is 1. The summed E-state index contributed by atoms with van der Waals surface area (Å²) < 4.78 is 0. The Hall–Kier alpha value is -1.23. The first-order valence-corrected chi connectivity index (χ1v) is 6.33. The summed E-state index contributed by atoms with van der Waals surface area (Å²) in [6.45, 7) is 0.468. The number of pyridine rings is 1. The maximum atomic E-state index is 11.8. The van der Waals surface area contributed by atoms with Crippen LogP contribution in [0.4, 0.5) is 0 Å². The first-order valence-electron chi connectivity index (χ1n) is 5.18. The molecule has 0 aromatic carbocycles. The second-order valence-electron chi connectivity index (χ2n) is 3.97. The standard InChI is InChI=1S/C11H14N2O2S/c1-13(11(15)8-6-16-7-8)5-9-3-2-4-10(14)12-9/h2-4,8H,5-7H2,1H3,(H,12,14). The largest absolute Gasteiger partial charge is 0.340 e. The number of aromatic amines is 1. The van der Waals surface area contributed by atoms with Crippen molar-refractivity contribution in [3.8, 4) is 0 Å². The molecular weight excluding hydrogens is 224 g/mol. The van der Waals surface area contributed by atoms with Gasteiger partial charge in [-0.1, -0.05) is 6.07 Å². The average Bonchev–Trinajstić information content (AvgIpc) is 2.14. The molecule has 4 nitrogen and oxygen atoms in total. The second-order valence-corrected chi connectivity index (χ2v) is 5.04. The zero-order valence-electron chi connectivity index (χ0n) is 9.10. The van der Waals surface area contributed by atoms with E-state index in [1.54, 1.807) is 29.8 Å². The Morgan fingerprint density at radius 1 is 1.56 bits per heavy atom. The summed E-state index contributed by atoms with van der Waals surface area (Å²) in [5.74, 6) is 2.19. The van der Waals surface area contributed by atoms with Crippen molar-refractivity contribution in [3.05, 3.63) is 34.2 Å². The van der Waals surface area contributed by atoms with E-state index in [4.69, 9.17) is 0 Å². The van der Waals surface area contributed by atoms with Crippen LogP contribution in [0, 0.1) is 5.92 Å². The highest BCUT2D eigenvalue weighted by Crippen LogP contribution is 2.26. The van der Waals surface area contributed by atoms with Gasteiger partial charge in [0.1, 0.15) is 0 Å². The summed E-state index contributed by atoms with van der Waals surface area (Å²) in [4.78, 5) is 27.3. The summed E-state index contributed by atoms with van der Waals surface area (Å²) in [6, 6.07) is 4.99. The first kappa shape index (κ1) is 11.3. The minimum atomic E-state index is -0.127. The Balaban J connectivity index is 1.98. The number of carbonyl (C=O) groups excluding carboxylic acids is 1. The van der Waals surface area contributed by atoms with Gasteiger partial charge in [-0.25, -0.2) is 0 Å². The molecule has 1 aliphatic heterocycles. The van der Waals surface area contributed by atoms with Crippen LogP contribution in [0.25, 0.3) is 0 Å². The zero-order chi connectivity index (χ0) is 11.5. The monoisotopic (exact) mass is 238 g/mol. The molecule has 0 saturated carbocycles. The molecule has 1 aliphatic rings. The number of hydrogen-bond acceptors (Lipinski definition) is 3. The van der Waals surface area contributed by atoms with Crippen molar-refractivity contribution in [1.82, 2.24) is 9.88 Å². The van der Waals surface area contributed by atoms with Crippen LogP contribution in [0.15, 0.2) is 23.0 Å². The molecule has 0 atom stereocenters. The number of nitrogens with zero attached hydrogens (tertiary/aromatic N) is 1. The molecule has 1 N–H and O–H groups in total. The molecule has 5 heteroatoms. The van der Waals surface area contributed by atoms with E-state index in [0.29, 0.717) is 6.54 Å². The van der Waals surface area contributed by atoms with Gasteiger partial charge in [0.05, 0.1) is 12.5 Å². The van der Waals surface area contributed by atoms with Gasteiger partial charge in [0.2, 0.25) is 11.5 Å². The van der Waals surface area contributed by atoms with Crippen molar-refractivity contribution < 1.29 is 4.79 Å². The molecular formula is C11H14N2O2S. The van der Waals surface area contributed by atoms with Crippen molar-refractivity contribution in [2.45, 2.75) is 6.54 Å². The fourth-order valence-corrected chi connectivity index (χ4v) is 2.37. The molecule has 2 rings (SSSR count). The van der Waals surface area contributed by atoms with E-state index in [1.165, 1.54) is 6.07 Å². The van der Waals surface area contributed by atoms with Gasteiger partial charge in [-0.2, -0.15) is 11.8 Å². The van der Waals surface area contributed by atoms with Crippen LogP contribution in [0.2, 0.25) is 0 Å². The average molecular weight is 238 g/mol. The van der Waals surface area contributed by atoms with Gasteiger partial charge in [-0.05, 0) is 6.07 Å². The number of thioether (sulfide) groups is 1. The van der Waals surface area contributed by atoms with Crippen molar-refractivity contribution in [1.29, 1.82) is 0 Å². The molecule has 1 amide bonds. The van der Waals surface area contributed by atoms with E-state index in [9.17, 15) is 9.59 Å². The van der Waals surface area contributed by atoms with Crippen molar-refractivity contribution in [2.24, 2.45) is 5.92 Å². The Labute approximate surface area is 98.0 Å². The lowest BCUT2D eigenvalue weighted by atomic mass is 10.1. The highest BCUT2D eigenvalue weighted by atomic mass is 32.2. The maximum Gasteiger partial charge on any atom is 0.248 e. The van der Waals surface area contributed by atoms with Gasteiger partial charge in [-0.3, -0.25) is 9.59 Å². The van der Waals surface area contributed by atoms with Crippen molar-refractivity contribution in [3.63, 3.8) is 0 Å². The van der Waals surface area contributed by atoms with Crippen LogP contribution in [0.5, 0.6) is 0 Å². The summed E-state index contributed by atoms with van der Waals surface area (Å²) >= 11 is 1.79. The topological polar surface area (TPSA) is 53.2 Å². The Morgan fingerprint density at radius 2 is 2.31 bits per heavy atom. The van der Waals surface area contributed by atoms with Crippen molar-refractivity contribution in [2.75, 3.05) is 18.6 Å². The minimum Gasteiger partial charge on any atom is -0.340 e. The van der Waals surface area contributed by atoms with Crippen LogP contribution in [0.1, 0.15) is 5.69 Å². The third-order valence-corrected chi connectivity index (χ3v) is 3.88. The molecule has 0 spiro atoms. The third-order valence-electron chi connectivity index (χ3n) is 2.60.